The number of hydrogen-bond acceptors (Lipinski definition) is 4. The molecular weight excluding hydrogens is 202 g/mol. The fourth-order valence-electron chi connectivity index (χ4n) is 2.13. The molecule has 1 aliphatic rings. The van der Waals surface area contributed by atoms with Crippen molar-refractivity contribution < 1.29 is 4.42 Å². The van der Waals surface area contributed by atoms with E-state index in [4.69, 9.17) is 9.68 Å². The van der Waals surface area contributed by atoms with Gasteiger partial charge in [-0.15, -0.1) is 0 Å². The summed E-state index contributed by atoms with van der Waals surface area (Å²) in [5, 5.41) is 12.2. The van der Waals surface area contributed by atoms with E-state index in [0.29, 0.717) is 18.5 Å². The van der Waals surface area contributed by atoms with Gasteiger partial charge >= 0.3 is 0 Å². The predicted molar refractivity (Wildman–Crippen MR) is 60.6 cm³/mol. The average Bonchev–Trinajstić information content (AvgIpc) is 2.75. The van der Waals surface area contributed by atoms with Crippen molar-refractivity contribution in [2.24, 2.45) is 0 Å². The molecule has 2 heterocycles. The van der Waals surface area contributed by atoms with Gasteiger partial charge in [-0.05, 0) is 19.1 Å². The highest BCUT2D eigenvalue weighted by Gasteiger charge is 2.25. The van der Waals surface area contributed by atoms with Gasteiger partial charge in [0.1, 0.15) is 5.76 Å². The van der Waals surface area contributed by atoms with E-state index in [9.17, 15) is 0 Å². The summed E-state index contributed by atoms with van der Waals surface area (Å²) in [6.07, 6.45) is 2.26. The number of furan rings is 1. The highest BCUT2D eigenvalue weighted by Crippen LogP contribution is 2.14. The number of piperazine rings is 1. The van der Waals surface area contributed by atoms with Crippen LogP contribution >= 0.6 is 0 Å². The van der Waals surface area contributed by atoms with Crippen LogP contribution in [0.15, 0.2) is 22.8 Å². The molecule has 2 unspecified atom stereocenters. The third-order valence-electron chi connectivity index (χ3n) is 2.99. The third kappa shape index (κ3) is 2.63. The Morgan fingerprint density at radius 1 is 1.69 bits per heavy atom. The Labute approximate surface area is 95.8 Å². The lowest BCUT2D eigenvalue weighted by atomic mass is 10.1. The van der Waals surface area contributed by atoms with E-state index >= 15 is 0 Å². The van der Waals surface area contributed by atoms with E-state index in [-0.39, 0.29) is 0 Å². The van der Waals surface area contributed by atoms with E-state index in [0.717, 1.165) is 25.4 Å². The molecule has 1 N–H and O–H groups in total. The van der Waals surface area contributed by atoms with Crippen LogP contribution < -0.4 is 5.32 Å². The minimum absolute atomic E-state index is 0.297. The van der Waals surface area contributed by atoms with Gasteiger partial charge in [-0.1, -0.05) is 0 Å². The first-order valence-electron chi connectivity index (χ1n) is 5.66. The van der Waals surface area contributed by atoms with Gasteiger partial charge in [-0.25, -0.2) is 0 Å². The van der Waals surface area contributed by atoms with Crippen LogP contribution in [-0.4, -0.2) is 30.1 Å². The molecule has 86 valence electrons. The molecule has 0 bridgehead atoms. The summed E-state index contributed by atoms with van der Waals surface area (Å²) >= 11 is 0. The van der Waals surface area contributed by atoms with Crippen molar-refractivity contribution in [3.05, 3.63) is 24.2 Å². The lowest BCUT2D eigenvalue weighted by Gasteiger charge is -2.37. The summed E-state index contributed by atoms with van der Waals surface area (Å²) in [5.41, 5.74) is 0. The zero-order valence-corrected chi connectivity index (χ0v) is 9.52. The molecule has 1 fully saturated rings. The molecule has 0 aromatic carbocycles. The maximum Gasteiger partial charge on any atom is 0.117 e. The normalized spacial score (nSPS) is 26.5. The maximum atomic E-state index is 8.80. The summed E-state index contributed by atoms with van der Waals surface area (Å²) in [4.78, 5) is 2.32. The summed E-state index contributed by atoms with van der Waals surface area (Å²) in [6, 6.07) is 6.91. The van der Waals surface area contributed by atoms with Gasteiger partial charge in [-0.2, -0.15) is 5.26 Å². The van der Waals surface area contributed by atoms with Crippen molar-refractivity contribution in [2.45, 2.75) is 32.0 Å². The molecule has 1 saturated heterocycles. The molecule has 2 atom stereocenters. The third-order valence-corrected chi connectivity index (χ3v) is 2.99. The van der Waals surface area contributed by atoms with Gasteiger partial charge in [0.2, 0.25) is 0 Å². The SMILES string of the molecule is CC1CN(Cc2ccco2)C(CC#N)CN1. The van der Waals surface area contributed by atoms with Gasteiger partial charge in [0.25, 0.3) is 0 Å². The summed E-state index contributed by atoms with van der Waals surface area (Å²) < 4.78 is 5.35. The van der Waals surface area contributed by atoms with Crippen LogP contribution in [0.25, 0.3) is 0 Å². The molecular formula is C12H17N3O. The first kappa shape index (κ1) is 11.2. The minimum Gasteiger partial charge on any atom is -0.468 e. The van der Waals surface area contributed by atoms with Crippen LogP contribution in [0.5, 0.6) is 0 Å². The highest BCUT2D eigenvalue weighted by atomic mass is 16.3. The first-order valence-corrected chi connectivity index (χ1v) is 5.66. The van der Waals surface area contributed by atoms with Gasteiger partial charge in [0, 0.05) is 25.2 Å². The molecule has 16 heavy (non-hydrogen) atoms. The van der Waals surface area contributed by atoms with Gasteiger partial charge < -0.3 is 9.73 Å². The number of nitriles is 1. The topological polar surface area (TPSA) is 52.2 Å². The Morgan fingerprint density at radius 3 is 3.25 bits per heavy atom. The number of hydrogen-bond donors (Lipinski definition) is 1. The smallest absolute Gasteiger partial charge is 0.117 e. The van der Waals surface area contributed by atoms with Crippen LogP contribution in [0, 0.1) is 11.3 Å². The van der Waals surface area contributed by atoms with Crippen molar-refractivity contribution in [3.8, 4) is 6.07 Å². The molecule has 1 aliphatic heterocycles. The molecule has 0 amide bonds. The van der Waals surface area contributed by atoms with Crippen molar-refractivity contribution in [1.82, 2.24) is 10.2 Å². The fourth-order valence-corrected chi connectivity index (χ4v) is 2.13. The van der Waals surface area contributed by atoms with Crippen LogP contribution in [0.2, 0.25) is 0 Å². The minimum atomic E-state index is 0.297. The van der Waals surface area contributed by atoms with E-state index in [1.54, 1.807) is 6.26 Å². The van der Waals surface area contributed by atoms with E-state index in [1.807, 2.05) is 12.1 Å². The van der Waals surface area contributed by atoms with Gasteiger partial charge in [0.05, 0.1) is 25.3 Å². The zero-order valence-electron chi connectivity index (χ0n) is 9.52. The lowest BCUT2D eigenvalue weighted by Crippen LogP contribution is -2.54. The molecule has 1 aromatic rings. The van der Waals surface area contributed by atoms with Crippen molar-refractivity contribution in [3.63, 3.8) is 0 Å². The van der Waals surface area contributed by atoms with E-state index < -0.39 is 0 Å². The van der Waals surface area contributed by atoms with Crippen molar-refractivity contribution in [2.75, 3.05) is 13.1 Å². The zero-order chi connectivity index (χ0) is 11.4. The Balaban J connectivity index is 2.00. The molecule has 0 radical (unpaired) electrons. The van der Waals surface area contributed by atoms with Crippen molar-refractivity contribution >= 4 is 0 Å². The summed E-state index contributed by atoms with van der Waals surface area (Å²) in [5.74, 6) is 0.969. The second-order valence-electron chi connectivity index (χ2n) is 4.33. The van der Waals surface area contributed by atoms with Crippen LogP contribution in [-0.2, 0) is 6.54 Å². The fraction of sp³-hybridized carbons (Fsp3) is 0.583. The standard InChI is InChI=1S/C12H17N3O/c1-10-8-15(9-12-3-2-6-16-12)11(4-5-13)7-14-10/h2-3,6,10-11,14H,4,7-9H2,1H3. The van der Waals surface area contributed by atoms with E-state index in [1.165, 1.54) is 0 Å². The Kier molecular flexibility index (Phi) is 3.60. The van der Waals surface area contributed by atoms with Crippen LogP contribution in [0.3, 0.4) is 0 Å². The van der Waals surface area contributed by atoms with E-state index in [2.05, 4.69) is 23.2 Å². The largest absolute Gasteiger partial charge is 0.468 e. The second kappa shape index (κ2) is 5.15. The molecule has 0 saturated carbocycles. The predicted octanol–water partition coefficient (Wildman–Crippen LogP) is 1.36. The number of rotatable bonds is 3. The molecule has 2 rings (SSSR count). The van der Waals surface area contributed by atoms with Crippen LogP contribution in [0.1, 0.15) is 19.1 Å². The Morgan fingerprint density at radius 2 is 2.56 bits per heavy atom. The Hall–Kier alpha value is -1.31. The average molecular weight is 219 g/mol. The molecule has 1 aromatic heterocycles. The Bertz CT molecular complexity index is 355. The molecule has 4 heteroatoms. The van der Waals surface area contributed by atoms with Gasteiger partial charge in [-0.3, -0.25) is 4.90 Å². The number of nitrogens with one attached hydrogen (secondary N) is 1. The van der Waals surface area contributed by atoms with Crippen molar-refractivity contribution in [1.29, 1.82) is 5.26 Å². The lowest BCUT2D eigenvalue weighted by molar-refractivity contribution is 0.120. The highest BCUT2D eigenvalue weighted by molar-refractivity contribution is 5.00. The first-order chi connectivity index (χ1) is 7.79. The molecule has 0 spiro atoms. The maximum absolute atomic E-state index is 8.80. The second-order valence-corrected chi connectivity index (χ2v) is 4.33. The van der Waals surface area contributed by atoms with Gasteiger partial charge in [0.15, 0.2) is 0 Å². The quantitative estimate of drug-likeness (QED) is 0.834. The number of nitrogens with zero attached hydrogens (tertiary/aromatic N) is 2. The summed E-state index contributed by atoms with van der Waals surface area (Å²) in [6.45, 7) is 4.81. The van der Waals surface area contributed by atoms with Crippen LogP contribution in [0.4, 0.5) is 0 Å². The molecule has 0 aliphatic carbocycles. The summed E-state index contributed by atoms with van der Waals surface area (Å²) in [7, 11) is 0. The molecule has 4 nitrogen and oxygen atoms in total. The monoisotopic (exact) mass is 219 g/mol.